The molecule has 0 amide bonds. The molecule has 0 bridgehead atoms. The lowest BCUT2D eigenvalue weighted by Gasteiger charge is -2.41. The molecule has 0 radical (unpaired) electrons. The zero-order valence-corrected chi connectivity index (χ0v) is 16.0. The zero-order valence-electron chi connectivity index (χ0n) is 16.0. The zero-order chi connectivity index (χ0) is 17.9. The van der Waals surface area contributed by atoms with Gasteiger partial charge < -0.3 is 14.6 Å². The minimum atomic E-state index is -0.951. The van der Waals surface area contributed by atoms with Crippen molar-refractivity contribution >= 4 is 0 Å². The molecule has 1 saturated carbocycles. The third-order valence-electron chi connectivity index (χ3n) is 5.71. The molecule has 1 aliphatic carbocycles. The van der Waals surface area contributed by atoms with Crippen LogP contribution < -0.4 is 4.74 Å². The molecule has 2 fully saturated rings. The van der Waals surface area contributed by atoms with Crippen LogP contribution in [0.3, 0.4) is 0 Å². The van der Waals surface area contributed by atoms with Crippen molar-refractivity contribution in [2.45, 2.75) is 58.1 Å². The maximum atomic E-state index is 11.1. The van der Waals surface area contributed by atoms with Gasteiger partial charge >= 0.3 is 0 Å². The van der Waals surface area contributed by atoms with Crippen molar-refractivity contribution < 1.29 is 14.6 Å². The van der Waals surface area contributed by atoms with Gasteiger partial charge in [-0.25, -0.2) is 0 Å². The Morgan fingerprint density at radius 1 is 1.28 bits per heavy atom. The number of aliphatic hydroxyl groups is 1. The van der Waals surface area contributed by atoms with Gasteiger partial charge in [0.25, 0.3) is 0 Å². The van der Waals surface area contributed by atoms with Gasteiger partial charge in [-0.3, -0.25) is 4.90 Å². The van der Waals surface area contributed by atoms with Crippen molar-refractivity contribution in [3.63, 3.8) is 0 Å². The van der Waals surface area contributed by atoms with Crippen LogP contribution in [0.2, 0.25) is 0 Å². The summed E-state index contributed by atoms with van der Waals surface area (Å²) in [4.78, 5) is 2.43. The Labute approximate surface area is 152 Å². The fourth-order valence-electron chi connectivity index (χ4n) is 4.02. The molecule has 1 heterocycles. The first-order valence-corrected chi connectivity index (χ1v) is 9.59. The Morgan fingerprint density at radius 2 is 2.04 bits per heavy atom. The number of hydrogen-bond donors (Lipinski definition) is 1. The molecular formula is C21H33NO3. The fourth-order valence-corrected chi connectivity index (χ4v) is 4.02. The summed E-state index contributed by atoms with van der Waals surface area (Å²) in [5.74, 6) is 0.809. The number of nitrogens with zero attached hydrogens (tertiary/aromatic N) is 1. The summed E-state index contributed by atoms with van der Waals surface area (Å²) in [5.41, 5.74) is 0.671. The molecule has 1 atom stereocenters. The molecule has 1 saturated heterocycles. The first kappa shape index (κ1) is 18.7. The van der Waals surface area contributed by atoms with Gasteiger partial charge in [-0.15, -0.1) is 0 Å². The van der Waals surface area contributed by atoms with Crippen LogP contribution in [-0.4, -0.2) is 54.6 Å². The number of ether oxygens (including phenoxy) is 2. The molecule has 2 aliphatic rings. The van der Waals surface area contributed by atoms with Crippen LogP contribution in [0.5, 0.6) is 5.75 Å². The predicted octanol–water partition coefficient (Wildman–Crippen LogP) is 3.41. The Hall–Kier alpha value is -1.10. The van der Waals surface area contributed by atoms with Crippen LogP contribution >= 0.6 is 0 Å². The van der Waals surface area contributed by atoms with E-state index in [1.807, 2.05) is 31.2 Å². The van der Waals surface area contributed by atoms with E-state index in [4.69, 9.17) is 9.47 Å². The minimum absolute atomic E-state index is 0.269. The first-order chi connectivity index (χ1) is 11.9. The lowest BCUT2D eigenvalue weighted by Crippen LogP contribution is -2.52. The van der Waals surface area contributed by atoms with E-state index in [9.17, 15) is 5.11 Å². The lowest BCUT2D eigenvalue weighted by atomic mass is 9.75. The Bertz CT molecular complexity index is 564. The minimum Gasteiger partial charge on any atom is -0.490 e. The maximum Gasteiger partial charge on any atom is 0.134 e. The molecule has 4 nitrogen and oxygen atoms in total. The first-order valence-electron chi connectivity index (χ1n) is 9.59. The van der Waals surface area contributed by atoms with Crippen molar-refractivity contribution in [1.82, 2.24) is 4.90 Å². The molecular weight excluding hydrogens is 314 g/mol. The normalized spacial score (nSPS) is 28.5. The summed E-state index contributed by atoms with van der Waals surface area (Å²) in [5, 5.41) is 11.1. The molecule has 4 heteroatoms. The third-order valence-corrected chi connectivity index (χ3v) is 5.71. The summed E-state index contributed by atoms with van der Waals surface area (Å²) in [6.45, 7) is 9.59. The van der Waals surface area contributed by atoms with E-state index < -0.39 is 5.60 Å². The highest BCUT2D eigenvalue weighted by Gasteiger charge is 2.38. The summed E-state index contributed by atoms with van der Waals surface area (Å²) >= 11 is 0. The van der Waals surface area contributed by atoms with Gasteiger partial charge in [0.15, 0.2) is 0 Å². The molecule has 1 aromatic carbocycles. The van der Waals surface area contributed by atoms with E-state index >= 15 is 0 Å². The highest BCUT2D eigenvalue weighted by Crippen LogP contribution is 2.37. The summed E-state index contributed by atoms with van der Waals surface area (Å²) in [7, 11) is 0. The van der Waals surface area contributed by atoms with Crippen molar-refractivity contribution in [2.24, 2.45) is 5.41 Å². The molecule has 1 aromatic rings. The Morgan fingerprint density at radius 3 is 2.76 bits per heavy atom. The third kappa shape index (κ3) is 5.19. The number of benzene rings is 1. The smallest absolute Gasteiger partial charge is 0.134 e. The molecule has 0 unspecified atom stereocenters. The van der Waals surface area contributed by atoms with Crippen molar-refractivity contribution in [3.05, 3.63) is 29.8 Å². The molecule has 3 rings (SSSR count). The van der Waals surface area contributed by atoms with Crippen LogP contribution in [0.4, 0.5) is 0 Å². The van der Waals surface area contributed by atoms with Gasteiger partial charge in [-0.05, 0) is 55.7 Å². The lowest BCUT2D eigenvalue weighted by molar-refractivity contribution is -0.0691. The molecule has 1 aliphatic heterocycles. The van der Waals surface area contributed by atoms with Crippen molar-refractivity contribution in [3.8, 4) is 5.75 Å². The number of β-amino-alcohol motifs (C(OH)–C–C–N with tert-alkyl or cyclic N) is 1. The monoisotopic (exact) mass is 347 g/mol. The van der Waals surface area contributed by atoms with Gasteiger partial charge in [0.1, 0.15) is 18.0 Å². The summed E-state index contributed by atoms with van der Waals surface area (Å²) in [6, 6.07) is 8.52. The van der Waals surface area contributed by atoms with E-state index in [0.717, 1.165) is 17.9 Å². The quantitative estimate of drug-likeness (QED) is 0.906. The van der Waals surface area contributed by atoms with Crippen LogP contribution in [-0.2, 0) is 4.74 Å². The van der Waals surface area contributed by atoms with E-state index in [-0.39, 0.29) is 6.61 Å². The van der Waals surface area contributed by atoms with E-state index in [1.54, 1.807) is 0 Å². The average Bonchev–Trinajstić information content (AvgIpc) is 2.76. The number of hydrogen-bond acceptors (Lipinski definition) is 4. The number of rotatable bonds is 4. The van der Waals surface area contributed by atoms with E-state index in [0.29, 0.717) is 31.2 Å². The van der Waals surface area contributed by atoms with Gasteiger partial charge in [-0.2, -0.15) is 0 Å². The summed E-state index contributed by atoms with van der Waals surface area (Å²) in [6.07, 6.45) is 4.93. The molecule has 0 aromatic heterocycles. The predicted molar refractivity (Wildman–Crippen MR) is 100 cm³/mol. The molecule has 25 heavy (non-hydrogen) atoms. The molecule has 1 N–H and O–H groups in total. The van der Waals surface area contributed by atoms with Gasteiger partial charge in [0, 0.05) is 19.1 Å². The second-order valence-electron chi connectivity index (χ2n) is 8.75. The highest BCUT2D eigenvalue weighted by atomic mass is 16.5. The van der Waals surface area contributed by atoms with Gasteiger partial charge in [-0.1, -0.05) is 26.0 Å². The fraction of sp³-hybridized carbons (Fsp3) is 0.714. The molecule has 140 valence electrons. The maximum absolute atomic E-state index is 11.1. The topological polar surface area (TPSA) is 41.9 Å². The SMILES string of the molecule is Cc1cccc(OC[C@@]2(O)COCCN(C3CCC(C)(C)CC3)C2)c1. The van der Waals surface area contributed by atoms with Crippen LogP contribution in [0.15, 0.2) is 24.3 Å². The number of aryl methyl sites for hydroxylation is 1. The average molecular weight is 347 g/mol. The Kier molecular flexibility index (Phi) is 5.71. The Balaban J connectivity index is 1.60. The van der Waals surface area contributed by atoms with Crippen LogP contribution in [0, 0.1) is 12.3 Å². The second kappa shape index (κ2) is 7.65. The van der Waals surface area contributed by atoms with E-state index in [1.165, 1.54) is 25.7 Å². The van der Waals surface area contributed by atoms with Gasteiger partial charge in [0.2, 0.25) is 0 Å². The summed E-state index contributed by atoms with van der Waals surface area (Å²) < 4.78 is 11.6. The standard InChI is InChI=1S/C21H33NO3/c1-17-5-4-6-19(13-17)25-16-21(23)14-22(11-12-24-15-21)18-7-9-20(2,3)10-8-18/h4-6,13,18,23H,7-12,14-16H2,1-3H3/t21-/m0/s1. The molecule has 0 spiro atoms. The largest absolute Gasteiger partial charge is 0.490 e. The van der Waals surface area contributed by atoms with Gasteiger partial charge in [0.05, 0.1) is 13.2 Å². The van der Waals surface area contributed by atoms with Crippen molar-refractivity contribution in [2.75, 3.05) is 32.9 Å². The van der Waals surface area contributed by atoms with E-state index in [2.05, 4.69) is 18.7 Å². The van der Waals surface area contributed by atoms with Crippen molar-refractivity contribution in [1.29, 1.82) is 0 Å². The second-order valence-corrected chi connectivity index (χ2v) is 8.75. The van der Waals surface area contributed by atoms with Crippen LogP contribution in [0.25, 0.3) is 0 Å². The van der Waals surface area contributed by atoms with Crippen LogP contribution in [0.1, 0.15) is 45.1 Å². The highest BCUT2D eigenvalue weighted by molar-refractivity contribution is 5.27.